The summed E-state index contributed by atoms with van der Waals surface area (Å²) in [6.07, 6.45) is 3.51. The van der Waals surface area contributed by atoms with Crippen LogP contribution in [0.1, 0.15) is 30.4 Å². The Balaban J connectivity index is 1.71. The molecule has 146 valence electrons. The predicted octanol–water partition coefficient (Wildman–Crippen LogP) is 2.50. The average Bonchev–Trinajstić information content (AvgIpc) is 3.47. The Labute approximate surface area is 157 Å². The summed E-state index contributed by atoms with van der Waals surface area (Å²) in [6.45, 7) is 6.40. The summed E-state index contributed by atoms with van der Waals surface area (Å²) in [5, 5.41) is 6.67. The topological polar surface area (TPSA) is 64.1 Å². The molecule has 1 aliphatic carbocycles. The molecular formula is C20H33N3O3. The van der Waals surface area contributed by atoms with Gasteiger partial charge in [0.25, 0.3) is 0 Å². The highest BCUT2D eigenvalue weighted by molar-refractivity contribution is 5.79. The molecule has 0 aromatic heterocycles. The highest BCUT2D eigenvalue weighted by Crippen LogP contribution is 2.30. The summed E-state index contributed by atoms with van der Waals surface area (Å²) in [6, 6.07) is 6.36. The third-order valence-electron chi connectivity index (χ3n) is 4.25. The normalized spacial score (nSPS) is 14.3. The maximum absolute atomic E-state index is 6.03. The smallest absolute Gasteiger partial charge is 0.191 e. The van der Waals surface area contributed by atoms with Crippen LogP contribution in [0.4, 0.5) is 0 Å². The van der Waals surface area contributed by atoms with Crippen molar-refractivity contribution in [3.8, 4) is 5.75 Å². The van der Waals surface area contributed by atoms with Crippen molar-refractivity contribution in [3.63, 3.8) is 0 Å². The number of guanidine groups is 1. The third kappa shape index (κ3) is 8.06. The number of aliphatic imine (C=N–C) groups is 1. The van der Waals surface area contributed by atoms with Crippen LogP contribution in [0.3, 0.4) is 0 Å². The van der Waals surface area contributed by atoms with Crippen molar-refractivity contribution in [1.29, 1.82) is 0 Å². The average molecular weight is 364 g/mol. The molecule has 2 N–H and O–H groups in total. The van der Waals surface area contributed by atoms with E-state index in [9.17, 15) is 0 Å². The number of hydrogen-bond acceptors (Lipinski definition) is 4. The Hall–Kier alpha value is -1.79. The van der Waals surface area contributed by atoms with E-state index in [-0.39, 0.29) is 0 Å². The van der Waals surface area contributed by atoms with Gasteiger partial charge >= 0.3 is 0 Å². The molecule has 0 saturated heterocycles. The van der Waals surface area contributed by atoms with Crippen molar-refractivity contribution in [2.24, 2.45) is 10.9 Å². The fourth-order valence-electron chi connectivity index (χ4n) is 2.46. The highest BCUT2D eigenvalue weighted by atomic mass is 16.5. The van der Waals surface area contributed by atoms with E-state index in [0.29, 0.717) is 26.4 Å². The summed E-state index contributed by atoms with van der Waals surface area (Å²) in [4.78, 5) is 4.27. The Kier molecular flexibility index (Phi) is 9.28. The lowest BCUT2D eigenvalue weighted by atomic mass is 10.1. The first-order chi connectivity index (χ1) is 12.7. The Morgan fingerprint density at radius 2 is 2.04 bits per heavy atom. The number of aryl methyl sites for hydroxylation is 1. The zero-order chi connectivity index (χ0) is 18.6. The van der Waals surface area contributed by atoms with Crippen LogP contribution >= 0.6 is 0 Å². The fraction of sp³-hybridized carbons (Fsp3) is 0.650. The van der Waals surface area contributed by atoms with E-state index in [0.717, 1.165) is 42.8 Å². The second-order valence-electron chi connectivity index (χ2n) is 6.68. The molecule has 0 spiro atoms. The van der Waals surface area contributed by atoms with Crippen LogP contribution in [0.5, 0.6) is 5.75 Å². The molecular weight excluding hydrogens is 330 g/mol. The number of nitrogens with one attached hydrogen (secondary N) is 2. The quantitative estimate of drug-likeness (QED) is 0.339. The first-order valence-electron chi connectivity index (χ1n) is 9.46. The predicted molar refractivity (Wildman–Crippen MR) is 105 cm³/mol. The second-order valence-corrected chi connectivity index (χ2v) is 6.68. The van der Waals surface area contributed by atoms with Gasteiger partial charge < -0.3 is 24.8 Å². The van der Waals surface area contributed by atoms with E-state index in [2.05, 4.69) is 40.7 Å². The van der Waals surface area contributed by atoms with Gasteiger partial charge in [-0.2, -0.15) is 0 Å². The van der Waals surface area contributed by atoms with E-state index in [1.54, 1.807) is 14.2 Å². The van der Waals surface area contributed by atoms with Crippen LogP contribution in [0.25, 0.3) is 0 Å². The van der Waals surface area contributed by atoms with Crippen LogP contribution in [0.2, 0.25) is 0 Å². The molecule has 26 heavy (non-hydrogen) atoms. The van der Waals surface area contributed by atoms with Crippen molar-refractivity contribution in [2.75, 3.05) is 47.1 Å². The lowest BCUT2D eigenvalue weighted by Crippen LogP contribution is -2.37. The van der Waals surface area contributed by atoms with Crippen LogP contribution in [-0.4, -0.2) is 53.1 Å². The van der Waals surface area contributed by atoms with Crippen LogP contribution in [0.15, 0.2) is 23.2 Å². The molecule has 1 aromatic carbocycles. The molecule has 0 radical (unpaired) electrons. The van der Waals surface area contributed by atoms with Gasteiger partial charge in [-0.25, -0.2) is 0 Å². The van der Waals surface area contributed by atoms with Gasteiger partial charge in [0.15, 0.2) is 5.96 Å². The molecule has 0 aliphatic heterocycles. The molecule has 0 heterocycles. The van der Waals surface area contributed by atoms with Gasteiger partial charge in [0.2, 0.25) is 0 Å². The molecule has 1 saturated carbocycles. The number of hydrogen-bond donors (Lipinski definition) is 2. The van der Waals surface area contributed by atoms with E-state index >= 15 is 0 Å². The highest BCUT2D eigenvalue weighted by Gasteiger charge is 2.22. The van der Waals surface area contributed by atoms with Gasteiger partial charge in [-0.15, -0.1) is 0 Å². The maximum atomic E-state index is 6.03. The number of rotatable bonds is 12. The maximum Gasteiger partial charge on any atom is 0.191 e. The lowest BCUT2D eigenvalue weighted by molar-refractivity contribution is 0.0698. The van der Waals surface area contributed by atoms with Gasteiger partial charge in [0.05, 0.1) is 19.8 Å². The van der Waals surface area contributed by atoms with Gasteiger partial charge in [0, 0.05) is 39.4 Å². The van der Waals surface area contributed by atoms with Crippen molar-refractivity contribution in [1.82, 2.24) is 10.6 Å². The first kappa shape index (κ1) is 20.5. The van der Waals surface area contributed by atoms with E-state index in [1.807, 2.05) is 0 Å². The van der Waals surface area contributed by atoms with Crippen molar-refractivity contribution >= 4 is 5.96 Å². The molecule has 0 unspecified atom stereocenters. The van der Waals surface area contributed by atoms with E-state index in [4.69, 9.17) is 14.2 Å². The molecule has 0 bridgehead atoms. The van der Waals surface area contributed by atoms with E-state index < -0.39 is 0 Å². The zero-order valence-corrected chi connectivity index (χ0v) is 16.3. The fourth-order valence-corrected chi connectivity index (χ4v) is 2.46. The standard InChI is InChI=1S/C20H33N3O3/c1-16-5-8-18(19(13-16)26-15-17-6-7-17)14-23-20(21-2)22-9-4-10-25-12-11-24-3/h5,8,13,17H,4,6-7,9-12,14-15H2,1-3H3,(H2,21,22,23). The third-order valence-corrected chi connectivity index (χ3v) is 4.25. The number of methoxy groups -OCH3 is 1. The summed E-state index contributed by atoms with van der Waals surface area (Å²) in [7, 11) is 3.46. The van der Waals surface area contributed by atoms with Crippen molar-refractivity contribution in [2.45, 2.75) is 32.7 Å². The van der Waals surface area contributed by atoms with Gasteiger partial charge in [0.1, 0.15) is 5.75 Å². The van der Waals surface area contributed by atoms with Crippen molar-refractivity contribution < 1.29 is 14.2 Å². The Bertz CT molecular complexity index is 559. The SMILES string of the molecule is CN=C(NCCCOCCOC)NCc1ccc(C)cc1OCC1CC1. The zero-order valence-electron chi connectivity index (χ0n) is 16.3. The molecule has 1 aliphatic rings. The molecule has 2 rings (SSSR count). The number of ether oxygens (including phenoxy) is 3. The summed E-state index contributed by atoms with van der Waals surface area (Å²) in [5.41, 5.74) is 2.37. The molecule has 6 heteroatoms. The molecule has 0 amide bonds. The molecule has 1 fully saturated rings. The number of benzene rings is 1. The minimum Gasteiger partial charge on any atom is -0.493 e. The monoisotopic (exact) mass is 363 g/mol. The van der Waals surface area contributed by atoms with Crippen LogP contribution < -0.4 is 15.4 Å². The summed E-state index contributed by atoms with van der Waals surface area (Å²) < 4.78 is 16.4. The van der Waals surface area contributed by atoms with Gasteiger partial charge in [-0.05, 0) is 43.7 Å². The summed E-state index contributed by atoms with van der Waals surface area (Å²) >= 11 is 0. The lowest BCUT2D eigenvalue weighted by Gasteiger charge is -2.15. The first-order valence-corrected chi connectivity index (χ1v) is 9.46. The minimum absolute atomic E-state index is 0.637. The Morgan fingerprint density at radius 3 is 2.77 bits per heavy atom. The van der Waals surface area contributed by atoms with E-state index in [1.165, 1.54) is 18.4 Å². The summed E-state index contributed by atoms with van der Waals surface area (Å²) in [5.74, 6) is 2.51. The van der Waals surface area contributed by atoms with Gasteiger partial charge in [-0.1, -0.05) is 12.1 Å². The number of nitrogens with zero attached hydrogens (tertiary/aromatic N) is 1. The second kappa shape index (κ2) is 11.8. The molecule has 0 atom stereocenters. The van der Waals surface area contributed by atoms with Gasteiger partial charge in [-0.3, -0.25) is 4.99 Å². The molecule has 6 nitrogen and oxygen atoms in total. The Morgan fingerprint density at radius 1 is 1.19 bits per heavy atom. The van der Waals surface area contributed by atoms with Crippen LogP contribution in [-0.2, 0) is 16.0 Å². The molecule has 1 aromatic rings. The van der Waals surface area contributed by atoms with Crippen LogP contribution in [0, 0.1) is 12.8 Å². The van der Waals surface area contributed by atoms with Crippen molar-refractivity contribution in [3.05, 3.63) is 29.3 Å². The largest absolute Gasteiger partial charge is 0.493 e. The minimum atomic E-state index is 0.637.